The van der Waals surface area contributed by atoms with E-state index in [9.17, 15) is 0 Å². The van der Waals surface area contributed by atoms with Gasteiger partial charge in [-0.3, -0.25) is 9.80 Å². The van der Waals surface area contributed by atoms with Crippen LogP contribution in [0.15, 0.2) is 48.5 Å². The summed E-state index contributed by atoms with van der Waals surface area (Å²) >= 11 is 13.5. The highest BCUT2D eigenvalue weighted by atomic mass is 35.5. The van der Waals surface area contributed by atoms with Crippen molar-refractivity contribution in [1.82, 2.24) is 9.80 Å². The topological polar surface area (TPSA) is 24.9 Å². The molecular weight excluding hydrogens is 455 g/mol. The van der Waals surface area contributed by atoms with E-state index in [-0.39, 0.29) is 11.8 Å². The highest BCUT2D eigenvalue weighted by Crippen LogP contribution is 2.70. The van der Waals surface area contributed by atoms with Gasteiger partial charge in [0.2, 0.25) is 0 Å². The van der Waals surface area contributed by atoms with Gasteiger partial charge in [-0.2, -0.15) is 0 Å². The first-order valence-corrected chi connectivity index (χ1v) is 13.1. The summed E-state index contributed by atoms with van der Waals surface area (Å²) < 4.78 is 11.1. The van der Waals surface area contributed by atoms with Gasteiger partial charge in [-0.1, -0.05) is 24.3 Å². The fraction of sp³-hybridized carbons (Fsp3) is 0.556. The van der Waals surface area contributed by atoms with Gasteiger partial charge in [0, 0.05) is 24.9 Å². The van der Waals surface area contributed by atoms with Crippen molar-refractivity contribution in [1.29, 1.82) is 0 Å². The first-order valence-electron chi connectivity index (χ1n) is 12.4. The van der Waals surface area contributed by atoms with Crippen LogP contribution < -0.4 is 9.47 Å². The van der Waals surface area contributed by atoms with Gasteiger partial charge < -0.3 is 9.47 Å². The average molecular weight is 489 g/mol. The summed E-state index contributed by atoms with van der Waals surface area (Å²) in [7, 11) is 0. The van der Waals surface area contributed by atoms with Crippen LogP contribution in [0.3, 0.4) is 0 Å². The van der Waals surface area contributed by atoms with E-state index >= 15 is 0 Å². The molecule has 0 aromatic heterocycles. The molecule has 0 amide bonds. The molecule has 2 aliphatic heterocycles. The predicted molar refractivity (Wildman–Crippen MR) is 135 cm³/mol. The van der Waals surface area contributed by atoms with Crippen molar-refractivity contribution in [3.05, 3.63) is 59.7 Å². The van der Waals surface area contributed by atoms with Crippen LogP contribution >= 0.6 is 23.2 Å². The molecule has 0 N–H and O–H groups in total. The number of alkyl halides is 2. The third-order valence-electron chi connectivity index (χ3n) is 7.28. The third-order valence-corrected chi connectivity index (χ3v) is 8.22. The molecule has 33 heavy (non-hydrogen) atoms. The van der Waals surface area contributed by atoms with Crippen LogP contribution in [0.5, 0.6) is 11.5 Å². The maximum atomic E-state index is 6.73. The zero-order chi connectivity index (χ0) is 22.7. The van der Waals surface area contributed by atoms with Crippen molar-refractivity contribution in [3.63, 3.8) is 0 Å². The maximum Gasteiger partial charge on any atom is 0.133 e. The molecule has 2 aromatic carbocycles. The van der Waals surface area contributed by atoms with Crippen molar-refractivity contribution in [3.8, 4) is 11.5 Å². The van der Waals surface area contributed by atoms with E-state index in [0.29, 0.717) is 0 Å². The Balaban J connectivity index is 1.13. The minimum absolute atomic E-state index is 0.0846. The Hall–Kier alpha value is -1.46. The lowest BCUT2D eigenvalue weighted by atomic mass is 10.0. The summed E-state index contributed by atoms with van der Waals surface area (Å²) in [4.78, 5) is 4.92. The van der Waals surface area contributed by atoms with E-state index < -0.39 is 4.33 Å². The molecule has 0 radical (unpaired) electrons. The molecule has 0 bridgehead atoms. The van der Waals surface area contributed by atoms with Gasteiger partial charge >= 0.3 is 0 Å². The third kappa shape index (κ3) is 5.62. The van der Waals surface area contributed by atoms with Gasteiger partial charge in [-0.15, -0.1) is 23.2 Å². The normalized spacial score (nSPS) is 24.8. The highest BCUT2D eigenvalue weighted by molar-refractivity contribution is 6.52. The standard InChI is InChI=1S/C27H34Cl2N2O2/c28-27(29)25(21-5-9-23(10-6-21)32-19-17-30-13-1-2-14-30)26(27)22-7-11-24(12-8-22)33-20-18-31-15-3-4-16-31/h5-12,25-26H,1-4,13-20H2. The molecule has 2 heterocycles. The van der Waals surface area contributed by atoms with Crippen molar-refractivity contribution in [2.75, 3.05) is 52.5 Å². The fourth-order valence-corrected chi connectivity index (χ4v) is 6.18. The van der Waals surface area contributed by atoms with Crippen LogP contribution in [0.1, 0.15) is 48.6 Å². The van der Waals surface area contributed by atoms with Crippen LogP contribution in [0.25, 0.3) is 0 Å². The molecule has 3 aliphatic rings. The van der Waals surface area contributed by atoms with Crippen molar-refractivity contribution >= 4 is 23.2 Å². The second-order valence-corrected chi connectivity index (χ2v) is 11.0. The zero-order valence-corrected chi connectivity index (χ0v) is 20.7. The predicted octanol–water partition coefficient (Wildman–Crippen LogP) is 5.69. The van der Waals surface area contributed by atoms with Crippen molar-refractivity contribution in [2.24, 2.45) is 0 Å². The lowest BCUT2D eigenvalue weighted by molar-refractivity contribution is 0.237. The molecule has 4 nitrogen and oxygen atoms in total. The first-order chi connectivity index (χ1) is 16.1. The number of halogens is 2. The maximum absolute atomic E-state index is 6.73. The Labute approximate surface area is 207 Å². The number of likely N-dealkylation sites (tertiary alicyclic amines) is 2. The van der Waals surface area contributed by atoms with E-state index in [2.05, 4.69) is 34.1 Å². The van der Waals surface area contributed by atoms with Crippen LogP contribution in [0.4, 0.5) is 0 Å². The highest BCUT2D eigenvalue weighted by Gasteiger charge is 2.64. The van der Waals surface area contributed by atoms with Crippen LogP contribution in [-0.4, -0.2) is 66.6 Å². The number of hydrogen-bond donors (Lipinski definition) is 0. The van der Waals surface area contributed by atoms with Gasteiger partial charge in [-0.05, 0) is 87.3 Å². The smallest absolute Gasteiger partial charge is 0.133 e. The number of ether oxygens (including phenoxy) is 2. The molecule has 2 unspecified atom stereocenters. The number of hydrogen-bond acceptors (Lipinski definition) is 4. The molecule has 6 heteroatoms. The van der Waals surface area contributed by atoms with Crippen molar-refractivity contribution < 1.29 is 9.47 Å². The molecule has 2 aromatic rings. The fourth-order valence-electron chi connectivity index (χ4n) is 5.30. The van der Waals surface area contributed by atoms with Crippen molar-refractivity contribution in [2.45, 2.75) is 41.9 Å². The molecule has 3 fully saturated rings. The molecule has 1 saturated carbocycles. The van der Waals surface area contributed by atoms with Crippen LogP contribution in [0.2, 0.25) is 0 Å². The van der Waals surface area contributed by atoms with Gasteiger partial charge in [0.15, 0.2) is 0 Å². The van der Waals surface area contributed by atoms with Gasteiger partial charge in [-0.25, -0.2) is 0 Å². The summed E-state index contributed by atoms with van der Waals surface area (Å²) in [6, 6.07) is 16.6. The summed E-state index contributed by atoms with van der Waals surface area (Å²) in [5, 5.41) is 0. The lowest BCUT2D eigenvalue weighted by Gasteiger charge is -2.15. The Morgan fingerprint density at radius 3 is 1.36 bits per heavy atom. The quantitative estimate of drug-likeness (QED) is 0.401. The minimum atomic E-state index is -0.781. The van der Waals surface area contributed by atoms with Crippen LogP contribution in [0, 0.1) is 0 Å². The molecule has 1 aliphatic carbocycles. The van der Waals surface area contributed by atoms with E-state index in [1.54, 1.807) is 0 Å². The number of rotatable bonds is 10. The van der Waals surface area contributed by atoms with Crippen LogP contribution in [-0.2, 0) is 0 Å². The lowest BCUT2D eigenvalue weighted by Crippen LogP contribution is -2.25. The Morgan fingerprint density at radius 1 is 0.636 bits per heavy atom. The van der Waals surface area contributed by atoms with E-state index in [1.807, 2.05) is 24.3 Å². The summed E-state index contributed by atoms with van der Waals surface area (Å²) in [5.41, 5.74) is 2.31. The van der Waals surface area contributed by atoms with Gasteiger partial charge in [0.25, 0.3) is 0 Å². The number of benzene rings is 2. The van der Waals surface area contributed by atoms with E-state index in [0.717, 1.165) is 48.9 Å². The Kier molecular flexibility index (Phi) is 7.36. The molecule has 0 spiro atoms. The summed E-state index contributed by atoms with van der Waals surface area (Å²) in [6.07, 6.45) is 5.24. The SMILES string of the molecule is ClC1(Cl)C(c2ccc(OCCN3CCCC3)cc2)C1c1ccc(OCCN2CCCC2)cc1. The molecule has 2 saturated heterocycles. The van der Waals surface area contributed by atoms with E-state index in [4.69, 9.17) is 32.7 Å². The molecular formula is C27H34Cl2N2O2. The zero-order valence-electron chi connectivity index (χ0n) is 19.2. The Bertz CT molecular complexity index is 818. The minimum Gasteiger partial charge on any atom is -0.492 e. The monoisotopic (exact) mass is 488 g/mol. The summed E-state index contributed by atoms with van der Waals surface area (Å²) in [5.74, 6) is 1.98. The second-order valence-electron chi connectivity index (χ2n) is 9.56. The largest absolute Gasteiger partial charge is 0.492 e. The Morgan fingerprint density at radius 2 is 1.00 bits per heavy atom. The first kappa shape index (κ1) is 23.3. The van der Waals surface area contributed by atoms with E-state index in [1.165, 1.54) is 51.9 Å². The molecule has 5 rings (SSSR count). The average Bonchev–Trinajstić information content (AvgIpc) is 3.29. The van der Waals surface area contributed by atoms with Gasteiger partial charge in [0.05, 0.1) is 0 Å². The molecule has 2 atom stereocenters. The summed E-state index contributed by atoms with van der Waals surface area (Å²) in [6.45, 7) is 8.25. The number of nitrogens with zero attached hydrogens (tertiary/aromatic N) is 2. The molecule has 178 valence electrons. The van der Waals surface area contributed by atoms with Gasteiger partial charge in [0.1, 0.15) is 29.0 Å². The second kappa shape index (κ2) is 10.4.